The van der Waals surface area contributed by atoms with Gasteiger partial charge in [-0.3, -0.25) is 9.69 Å². The average molecular weight is 438 g/mol. The van der Waals surface area contributed by atoms with Gasteiger partial charge in [0.05, 0.1) is 0 Å². The first kappa shape index (κ1) is 21.9. The van der Waals surface area contributed by atoms with Crippen molar-refractivity contribution in [2.45, 2.75) is 45.2 Å². The van der Waals surface area contributed by atoms with E-state index < -0.39 is 0 Å². The lowest BCUT2D eigenvalue weighted by Gasteiger charge is -2.31. The van der Waals surface area contributed by atoms with Crippen LogP contribution in [-0.2, 0) is 24.8 Å². The Hall–Kier alpha value is -2.30. The van der Waals surface area contributed by atoms with E-state index in [2.05, 4.69) is 71.4 Å². The second-order valence-corrected chi connectivity index (χ2v) is 9.35. The summed E-state index contributed by atoms with van der Waals surface area (Å²) in [6.07, 6.45) is 6.01. The van der Waals surface area contributed by atoms with Crippen LogP contribution in [0.3, 0.4) is 0 Å². The third-order valence-corrected chi connectivity index (χ3v) is 6.72. The van der Waals surface area contributed by atoms with Crippen LogP contribution < -0.4 is 5.32 Å². The molecule has 0 bridgehead atoms. The van der Waals surface area contributed by atoms with Gasteiger partial charge in [-0.1, -0.05) is 41.9 Å². The van der Waals surface area contributed by atoms with Crippen molar-refractivity contribution in [1.82, 2.24) is 14.8 Å². The van der Waals surface area contributed by atoms with Gasteiger partial charge in [-0.05, 0) is 75.0 Å². The van der Waals surface area contributed by atoms with Gasteiger partial charge < -0.3 is 9.88 Å². The van der Waals surface area contributed by atoms with Crippen molar-refractivity contribution in [2.75, 3.05) is 13.1 Å². The van der Waals surface area contributed by atoms with Gasteiger partial charge in [0.15, 0.2) is 0 Å². The van der Waals surface area contributed by atoms with Crippen molar-refractivity contribution in [1.29, 1.82) is 0 Å². The second kappa shape index (κ2) is 9.88. The summed E-state index contributed by atoms with van der Waals surface area (Å²) in [5.74, 6) is 0.342. The number of fused-ring (bicyclic) bond motifs is 1. The molecule has 1 atom stereocenters. The molecule has 0 aliphatic carbocycles. The zero-order valence-electron chi connectivity index (χ0n) is 18.5. The first-order valence-electron chi connectivity index (χ1n) is 11.3. The fourth-order valence-corrected chi connectivity index (χ4v) is 4.80. The van der Waals surface area contributed by atoms with Crippen LogP contribution >= 0.6 is 11.6 Å². The van der Waals surface area contributed by atoms with Crippen molar-refractivity contribution >= 4 is 28.4 Å². The summed E-state index contributed by atoms with van der Waals surface area (Å²) in [5, 5.41) is 5.24. The maximum absolute atomic E-state index is 12.8. The van der Waals surface area contributed by atoms with Gasteiger partial charge in [-0.2, -0.15) is 0 Å². The normalized spacial score (nSPS) is 16.5. The fraction of sp³-hybridized carbons (Fsp3) is 0.423. The summed E-state index contributed by atoms with van der Waals surface area (Å²) >= 11 is 6.23. The lowest BCUT2D eigenvalue weighted by atomic mass is 9.95. The van der Waals surface area contributed by atoms with Crippen molar-refractivity contribution in [2.24, 2.45) is 13.0 Å². The molecule has 1 amide bonds. The Morgan fingerprint density at radius 2 is 1.90 bits per heavy atom. The Kier molecular flexibility index (Phi) is 6.99. The first-order valence-corrected chi connectivity index (χ1v) is 11.7. The third kappa shape index (κ3) is 5.50. The first-order chi connectivity index (χ1) is 15.0. The van der Waals surface area contributed by atoms with E-state index in [9.17, 15) is 4.79 Å². The molecule has 1 saturated heterocycles. The molecule has 1 aliphatic heterocycles. The molecule has 5 heteroatoms. The topological polar surface area (TPSA) is 37.3 Å². The predicted molar refractivity (Wildman–Crippen MR) is 128 cm³/mol. The number of nitrogens with one attached hydrogen (secondary N) is 1. The van der Waals surface area contributed by atoms with E-state index in [1.165, 1.54) is 22.0 Å². The van der Waals surface area contributed by atoms with Gasteiger partial charge in [0.25, 0.3) is 0 Å². The van der Waals surface area contributed by atoms with Gasteiger partial charge in [-0.15, -0.1) is 0 Å². The zero-order valence-corrected chi connectivity index (χ0v) is 19.2. The number of aryl methyl sites for hydroxylation is 2. The van der Waals surface area contributed by atoms with Gasteiger partial charge >= 0.3 is 0 Å². The smallest absolute Gasteiger partial charge is 0.223 e. The molecule has 2 heterocycles. The van der Waals surface area contributed by atoms with Crippen LogP contribution in [-0.4, -0.2) is 34.5 Å². The molecule has 4 nitrogen and oxygen atoms in total. The van der Waals surface area contributed by atoms with E-state index in [4.69, 9.17) is 11.6 Å². The highest BCUT2D eigenvalue weighted by molar-refractivity contribution is 6.31. The highest BCUT2D eigenvalue weighted by Gasteiger charge is 2.26. The number of benzene rings is 2. The number of piperidine rings is 1. The van der Waals surface area contributed by atoms with Gasteiger partial charge in [-0.25, -0.2) is 0 Å². The molecular weight excluding hydrogens is 406 g/mol. The van der Waals surface area contributed by atoms with Crippen LogP contribution in [0.1, 0.15) is 37.3 Å². The Morgan fingerprint density at radius 1 is 1.16 bits per heavy atom. The van der Waals surface area contributed by atoms with Crippen LogP contribution in [0.25, 0.3) is 10.9 Å². The monoisotopic (exact) mass is 437 g/mol. The van der Waals surface area contributed by atoms with Crippen LogP contribution in [0.15, 0.2) is 54.7 Å². The van der Waals surface area contributed by atoms with Crippen LogP contribution in [0, 0.1) is 5.92 Å². The quantitative estimate of drug-likeness (QED) is 0.552. The summed E-state index contributed by atoms with van der Waals surface area (Å²) in [7, 11) is 2.08. The molecule has 1 N–H and O–H groups in total. The Labute approximate surface area is 190 Å². The molecule has 31 heavy (non-hydrogen) atoms. The average Bonchev–Trinajstić information content (AvgIpc) is 3.08. The summed E-state index contributed by atoms with van der Waals surface area (Å²) in [6.45, 7) is 4.92. The second-order valence-electron chi connectivity index (χ2n) is 8.91. The highest BCUT2D eigenvalue weighted by atomic mass is 35.5. The van der Waals surface area contributed by atoms with E-state index >= 15 is 0 Å². The molecule has 0 radical (unpaired) electrons. The Balaban J connectivity index is 1.26. The largest absolute Gasteiger partial charge is 0.353 e. The zero-order chi connectivity index (χ0) is 21.8. The molecule has 4 rings (SSSR count). The Morgan fingerprint density at radius 3 is 2.65 bits per heavy atom. The van der Waals surface area contributed by atoms with E-state index in [0.29, 0.717) is 0 Å². The number of aromatic nitrogens is 1. The number of hydrogen-bond acceptors (Lipinski definition) is 2. The number of likely N-dealkylation sites (tertiary alicyclic amines) is 1. The molecule has 1 unspecified atom stereocenters. The molecule has 0 saturated carbocycles. The Bertz CT molecular complexity index is 1020. The van der Waals surface area contributed by atoms with Crippen molar-refractivity contribution in [3.05, 3.63) is 70.9 Å². The van der Waals surface area contributed by atoms with Crippen molar-refractivity contribution in [3.8, 4) is 0 Å². The minimum absolute atomic E-state index is 0.123. The predicted octanol–water partition coefficient (Wildman–Crippen LogP) is 5.18. The lowest BCUT2D eigenvalue weighted by molar-refractivity contribution is -0.127. The SMILES string of the molecule is CC(CCc1ccccc1)NC(=O)C1CCN(Cc2cn(C)c3ccc(Cl)cc23)CC1. The number of halogens is 1. The molecule has 164 valence electrons. The number of carbonyl (C=O) groups excluding carboxylic acids is 1. The minimum Gasteiger partial charge on any atom is -0.353 e. The molecule has 3 aromatic rings. The maximum Gasteiger partial charge on any atom is 0.223 e. The molecule has 2 aromatic carbocycles. The standard InChI is InChI=1S/C26H32ClN3O/c1-19(8-9-20-6-4-3-5-7-20)28-26(31)21-12-14-30(15-13-21)18-22-17-29(2)25-11-10-23(27)16-24(22)25/h3-7,10-11,16-17,19,21H,8-9,12-15,18H2,1-2H3,(H,28,31). The van der Waals surface area contributed by atoms with Crippen molar-refractivity contribution in [3.63, 3.8) is 0 Å². The number of carbonyl (C=O) groups is 1. The molecule has 1 aromatic heterocycles. The fourth-order valence-electron chi connectivity index (χ4n) is 4.63. The van der Waals surface area contributed by atoms with E-state index in [1.807, 2.05) is 12.1 Å². The van der Waals surface area contributed by atoms with Gasteiger partial charge in [0.2, 0.25) is 5.91 Å². The maximum atomic E-state index is 12.8. The molecular formula is C26H32ClN3O. The summed E-state index contributed by atoms with van der Waals surface area (Å²) in [4.78, 5) is 15.2. The van der Waals surface area contributed by atoms with E-state index in [1.54, 1.807) is 0 Å². The van der Waals surface area contributed by atoms with Gasteiger partial charge in [0, 0.05) is 47.7 Å². The van der Waals surface area contributed by atoms with Crippen molar-refractivity contribution < 1.29 is 4.79 Å². The number of hydrogen-bond donors (Lipinski definition) is 1. The third-order valence-electron chi connectivity index (χ3n) is 6.48. The van der Waals surface area contributed by atoms with Crippen LogP contribution in [0.5, 0.6) is 0 Å². The number of amides is 1. The lowest BCUT2D eigenvalue weighted by Crippen LogP contribution is -2.43. The van der Waals surface area contributed by atoms with Crippen LogP contribution in [0.2, 0.25) is 5.02 Å². The van der Waals surface area contributed by atoms with Crippen LogP contribution in [0.4, 0.5) is 0 Å². The minimum atomic E-state index is 0.123. The number of nitrogens with zero attached hydrogens (tertiary/aromatic N) is 2. The highest BCUT2D eigenvalue weighted by Crippen LogP contribution is 2.27. The van der Waals surface area contributed by atoms with Gasteiger partial charge in [0.1, 0.15) is 0 Å². The summed E-state index contributed by atoms with van der Waals surface area (Å²) < 4.78 is 2.16. The van der Waals surface area contributed by atoms with E-state index in [-0.39, 0.29) is 17.9 Å². The van der Waals surface area contributed by atoms with E-state index in [0.717, 1.165) is 50.3 Å². The summed E-state index contributed by atoms with van der Waals surface area (Å²) in [5.41, 5.74) is 3.84. The molecule has 1 aliphatic rings. The molecule has 0 spiro atoms. The summed E-state index contributed by atoms with van der Waals surface area (Å²) in [6, 6.07) is 16.8. The molecule has 1 fully saturated rings. The number of rotatable bonds is 7.